The number of rotatable bonds is 4. The van der Waals surface area contributed by atoms with Crippen molar-refractivity contribution in [2.75, 3.05) is 13.1 Å². The molecule has 1 aromatic carbocycles. The summed E-state index contributed by atoms with van der Waals surface area (Å²) < 4.78 is 40.7. The van der Waals surface area contributed by atoms with Gasteiger partial charge in [0.05, 0.1) is 18.4 Å². The maximum absolute atomic E-state index is 13.5. The van der Waals surface area contributed by atoms with Gasteiger partial charge in [0, 0.05) is 43.6 Å². The van der Waals surface area contributed by atoms with Gasteiger partial charge < -0.3 is 14.4 Å². The zero-order chi connectivity index (χ0) is 24.0. The van der Waals surface area contributed by atoms with Crippen molar-refractivity contribution in [3.63, 3.8) is 0 Å². The normalized spacial score (nSPS) is 19.6. The summed E-state index contributed by atoms with van der Waals surface area (Å²) in [5, 5.41) is 4.03. The van der Waals surface area contributed by atoms with Crippen LogP contribution in [0, 0.1) is 6.92 Å². The van der Waals surface area contributed by atoms with E-state index in [2.05, 4.69) is 10.1 Å². The Balaban J connectivity index is 1.36. The number of carbonyl (C=O) groups is 1. The minimum atomic E-state index is -2.71. The zero-order valence-electron chi connectivity index (χ0n) is 19.5. The van der Waals surface area contributed by atoms with Crippen LogP contribution in [0.1, 0.15) is 72.9 Å². The highest BCUT2D eigenvalue weighted by Crippen LogP contribution is 2.46. The van der Waals surface area contributed by atoms with E-state index in [9.17, 15) is 13.6 Å². The van der Waals surface area contributed by atoms with Crippen molar-refractivity contribution in [3.8, 4) is 5.75 Å². The van der Waals surface area contributed by atoms with E-state index in [-0.39, 0.29) is 35.0 Å². The summed E-state index contributed by atoms with van der Waals surface area (Å²) in [4.78, 5) is 19.4. The predicted molar refractivity (Wildman–Crippen MR) is 121 cm³/mol. The molecule has 2 aliphatic rings. The first-order valence-corrected chi connectivity index (χ1v) is 11.6. The van der Waals surface area contributed by atoms with E-state index in [1.54, 1.807) is 11.8 Å². The maximum atomic E-state index is 13.5. The predicted octanol–water partition coefficient (Wildman–Crippen LogP) is 4.90. The standard InChI is InChI=1S/C25H28F2N4O3/c1-15(2)33-21-13-25(34-20-7-5-4-6-17(20)21)8-10-30(11-9-25)24(32)18-14-28-31-19(22(26)27)12-16(3)29-23(18)31/h4-7,12,14-15,21-22H,8-11,13H2,1-3H3/t21-/m1/s1. The van der Waals surface area contributed by atoms with Crippen molar-refractivity contribution in [2.45, 2.75) is 64.3 Å². The number of nitrogens with zero attached hydrogens (tertiary/aromatic N) is 4. The molecule has 9 heteroatoms. The summed E-state index contributed by atoms with van der Waals surface area (Å²) in [6.45, 7) is 6.65. The van der Waals surface area contributed by atoms with Crippen LogP contribution in [0.2, 0.25) is 0 Å². The molecule has 180 valence electrons. The fraction of sp³-hybridized carbons (Fsp3) is 0.480. The Hall–Kier alpha value is -3.07. The molecule has 7 nitrogen and oxygen atoms in total. The number of halogens is 2. The number of carbonyl (C=O) groups excluding carboxylic acids is 1. The number of hydrogen-bond donors (Lipinski definition) is 0. The van der Waals surface area contributed by atoms with Gasteiger partial charge in [-0.2, -0.15) is 5.10 Å². The highest BCUT2D eigenvalue weighted by Gasteiger charge is 2.45. The number of aryl methyl sites for hydroxylation is 1. The highest BCUT2D eigenvalue weighted by molar-refractivity contribution is 5.99. The highest BCUT2D eigenvalue weighted by atomic mass is 19.3. The first-order chi connectivity index (χ1) is 16.3. The molecule has 5 rings (SSSR count). The van der Waals surface area contributed by atoms with Crippen LogP contribution in [0.3, 0.4) is 0 Å². The molecule has 1 saturated heterocycles. The minimum Gasteiger partial charge on any atom is -0.487 e. The van der Waals surface area contributed by atoms with Gasteiger partial charge in [-0.05, 0) is 32.9 Å². The SMILES string of the molecule is Cc1cc(C(F)F)n2ncc(C(=O)N3CCC4(CC3)C[C@@H](OC(C)C)c3ccccc3O4)c2n1. The molecule has 0 saturated carbocycles. The van der Waals surface area contributed by atoms with E-state index in [0.717, 1.165) is 22.2 Å². The number of ether oxygens (including phenoxy) is 2. The Labute approximate surface area is 196 Å². The van der Waals surface area contributed by atoms with Crippen molar-refractivity contribution in [1.29, 1.82) is 0 Å². The minimum absolute atomic E-state index is 0.0632. The summed E-state index contributed by atoms with van der Waals surface area (Å²) >= 11 is 0. The van der Waals surface area contributed by atoms with Crippen LogP contribution in [0.15, 0.2) is 36.5 Å². The van der Waals surface area contributed by atoms with E-state index < -0.39 is 12.0 Å². The molecule has 1 fully saturated rings. The molecule has 2 aliphatic heterocycles. The molecule has 0 unspecified atom stereocenters. The zero-order valence-corrected chi connectivity index (χ0v) is 19.5. The molecule has 0 bridgehead atoms. The first-order valence-electron chi connectivity index (χ1n) is 11.6. The van der Waals surface area contributed by atoms with Gasteiger partial charge in [0.15, 0.2) is 5.65 Å². The number of aromatic nitrogens is 3. The quantitative estimate of drug-likeness (QED) is 0.543. The summed E-state index contributed by atoms with van der Waals surface area (Å²) in [7, 11) is 0. The van der Waals surface area contributed by atoms with E-state index in [1.165, 1.54) is 12.3 Å². The number of likely N-dealkylation sites (tertiary alicyclic amines) is 1. The van der Waals surface area contributed by atoms with Crippen LogP contribution < -0.4 is 4.74 Å². The number of para-hydroxylation sites is 1. The fourth-order valence-corrected chi connectivity index (χ4v) is 5.03. The Kier molecular flexibility index (Phi) is 5.75. The van der Waals surface area contributed by atoms with E-state index in [1.807, 2.05) is 38.1 Å². The molecule has 0 radical (unpaired) electrons. The van der Waals surface area contributed by atoms with Gasteiger partial charge >= 0.3 is 0 Å². The van der Waals surface area contributed by atoms with Gasteiger partial charge in [-0.3, -0.25) is 4.79 Å². The van der Waals surface area contributed by atoms with Gasteiger partial charge in [-0.15, -0.1) is 0 Å². The molecule has 1 atom stereocenters. The van der Waals surface area contributed by atoms with Crippen LogP contribution in [0.5, 0.6) is 5.75 Å². The number of hydrogen-bond acceptors (Lipinski definition) is 5. The Morgan fingerprint density at radius 1 is 1.24 bits per heavy atom. The van der Waals surface area contributed by atoms with Crippen LogP contribution >= 0.6 is 0 Å². The van der Waals surface area contributed by atoms with Crippen LogP contribution in [-0.4, -0.2) is 50.2 Å². The van der Waals surface area contributed by atoms with E-state index in [0.29, 0.717) is 31.6 Å². The molecule has 2 aromatic heterocycles. The third kappa shape index (κ3) is 4.02. The number of piperidine rings is 1. The molecule has 3 aromatic rings. The molecule has 0 aliphatic carbocycles. The summed E-state index contributed by atoms with van der Waals surface area (Å²) in [6, 6.07) is 9.25. The number of fused-ring (bicyclic) bond motifs is 2. The monoisotopic (exact) mass is 470 g/mol. The second kappa shape index (κ2) is 8.61. The smallest absolute Gasteiger partial charge is 0.280 e. The van der Waals surface area contributed by atoms with Crippen molar-refractivity contribution in [1.82, 2.24) is 19.5 Å². The summed E-state index contributed by atoms with van der Waals surface area (Å²) in [6.07, 6.45) is 0.665. The van der Waals surface area contributed by atoms with Crippen LogP contribution in [0.25, 0.3) is 5.65 Å². The molecular formula is C25H28F2N4O3. The molecule has 1 amide bonds. The van der Waals surface area contributed by atoms with E-state index >= 15 is 0 Å². The Morgan fingerprint density at radius 2 is 1.97 bits per heavy atom. The summed E-state index contributed by atoms with van der Waals surface area (Å²) in [5.74, 6) is 0.579. The molecule has 4 heterocycles. The van der Waals surface area contributed by atoms with Gasteiger partial charge in [-0.25, -0.2) is 18.3 Å². The maximum Gasteiger partial charge on any atom is 0.280 e. The lowest BCUT2D eigenvalue weighted by molar-refractivity contribution is -0.0872. The number of benzene rings is 1. The average molecular weight is 471 g/mol. The third-order valence-electron chi connectivity index (χ3n) is 6.63. The second-order valence-electron chi connectivity index (χ2n) is 9.41. The second-order valence-corrected chi connectivity index (χ2v) is 9.41. The van der Waals surface area contributed by atoms with Gasteiger partial charge in [0.1, 0.15) is 22.6 Å². The molecule has 1 spiro atoms. The number of amides is 1. The summed E-state index contributed by atoms with van der Waals surface area (Å²) in [5.41, 5.74) is 1.18. The molecular weight excluding hydrogens is 442 g/mol. The first kappa shape index (κ1) is 22.7. The number of alkyl halides is 2. The van der Waals surface area contributed by atoms with E-state index in [4.69, 9.17) is 9.47 Å². The van der Waals surface area contributed by atoms with Gasteiger partial charge in [0.2, 0.25) is 0 Å². The van der Waals surface area contributed by atoms with Crippen molar-refractivity contribution >= 4 is 11.6 Å². The van der Waals surface area contributed by atoms with Crippen LogP contribution in [-0.2, 0) is 4.74 Å². The topological polar surface area (TPSA) is 69.0 Å². The van der Waals surface area contributed by atoms with Crippen molar-refractivity contribution in [2.24, 2.45) is 0 Å². The lowest BCUT2D eigenvalue weighted by atomic mass is 9.81. The third-order valence-corrected chi connectivity index (χ3v) is 6.63. The largest absolute Gasteiger partial charge is 0.487 e. The van der Waals surface area contributed by atoms with Gasteiger partial charge in [-0.1, -0.05) is 18.2 Å². The van der Waals surface area contributed by atoms with Crippen LogP contribution in [0.4, 0.5) is 8.78 Å². The average Bonchev–Trinajstić information content (AvgIpc) is 3.21. The van der Waals surface area contributed by atoms with Crippen molar-refractivity contribution in [3.05, 3.63) is 59.0 Å². The lowest BCUT2D eigenvalue weighted by Gasteiger charge is -2.47. The lowest BCUT2D eigenvalue weighted by Crippen LogP contribution is -2.52. The van der Waals surface area contributed by atoms with Crippen molar-refractivity contribution < 1.29 is 23.0 Å². The Bertz CT molecular complexity index is 1220. The molecule has 34 heavy (non-hydrogen) atoms. The van der Waals surface area contributed by atoms with Gasteiger partial charge in [0.25, 0.3) is 12.3 Å². The molecule has 0 N–H and O–H groups in total. The fourth-order valence-electron chi connectivity index (χ4n) is 5.03. The Morgan fingerprint density at radius 3 is 2.68 bits per heavy atom.